The fourth-order valence-electron chi connectivity index (χ4n) is 2.55. The summed E-state index contributed by atoms with van der Waals surface area (Å²) in [7, 11) is 1.75. The van der Waals surface area contributed by atoms with Gasteiger partial charge in [0.15, 0.2) is 0 Å². The number of carbonyl (C=O) groups excluding carboxylic acids is 1. The highest BCUT2D eigenvalue weighted by atomic mass is 16.6. The summed E-state index contributed by atoms with van der Waals surface area (Å²) in [4.78, 5) is 13.8. The van der Waals surface area contributed by atoms with Gasteiger partial charge < -0.3 is 15.4 Å². The van der Waals surface area contributed by atoms with Gasteiger partial charge in [0, 0.05) is 13.1 Å². The average Bonchev–Trinajstić information content (AvgIpc) is 2.61. The van der Waals surface area contributed by atoms with Crippen molar-refractivity contribution >= 4 is 6.09 Å². The SMILES string of the molecule is CN(C(=O)OC(C)(C)C)[C@@H]1c2ccccc2C[C@H]1N. The molecule has 0 bridgehead atoms. The van der Waals surface area contributed by atoms with Crippen LogP contribution in [0, 0.1) is 0 Å². The van der Waals surface area contributed by atoms with Crippen molar-refractivity contribution in [1.29, 1.82) is 0 Å². The lowest BCUT2D eigenvalue weighted by Crippen LogP contribution is -2.42. The molecule has 104 valence electrons. The zero-order valence-corrected chi connectivity index (χ0v) is 12.0. The van der Waals surface area contributed by atoms with E-state index in [1.807, 2.05) is 39.0 Å². The fourth-order valence-corrected chi connectivity index (χ4v) is 2.55. The standard InChI is InChI=1S/C15H22N2O2/c1-15(2,3)19-14(18)17(4)13-11-8-6-5-7-10(11)9-12(13)16/h5-8,12-13H,9,16H2,1-4H3/t12-,13-/m1/s1. The van der Waals surface area contributed by atoms with Crippen LogP contribution in [0.1, 0.15) is 37.9 Å². The highest BCUT2D eigenvalue weighted by molar-refractivity contribution is 5.69. The van der Waals surface area contributed by atoms with Crippen LogP contribution in [0.3, 0.4) is 0 Å². The number of amides is 1. The third-order valence-corrected chi connectivity index (χ3v) is 3.33. The van der Waals surface area contributed by atoms with Gasteiger partial charge in [0.05, 0.1) is 6.04 Å². The minimum Gasteiger partial charge on any atom is -0.444 e. The van der Waals surface area contributed by atoms with Crippen molar-refractivity contribution in [2.75, 3.05) is 7.05 Å². The number of likely N-dealkylation sites (N-methyl/N-ethyl adjacent to an activating group) is 1. The Balaban J connectivity index is 2.20. The number of rotatable bonds is 1. The lowest BCUT2D eigenvalue weighted by molar-refractivity contribution is 0.0206. The Morgan fingerprint density at radius 1 is 1.37 bits per heavy atom. The highest BCUT2D eigenvalue weighted by Crippen LogP contribution is 2.34. The molecule has 2 rings (SSSR count). The van der Waals surface area contributed by atoms with Gasteiger partial charge in [-0.1, -0.05) is 24.3 Å². The lowest BCUT2D eigenvalue weighted by atomic mass is 10.1. The quantitative estimate of drug-likeness (QED) is 0.846. The summed E-state index contributed by atoms with van der Waals surface area (Å²) < 4.78 is 5.41. The van der Waals surface area contributed by atoms with Gasteiger partial charge in [-0.15, -0.1) is 0 Å². The Labute approximate surface area is 114 Å². The molecule has 4 heteroatoms. The van der Waals surface area contributed by atoms with Crippen LogP contribution in [0.2, 0.25) is 0 Å². The van der Waals surface area contributed by atoms with Crippen LogP contribution in [0.4, 0.5) is 4.79 Å². The number of nitrogens with two attached hydrogens (primary N) is 1. The first-order chi connectivity index (χ1) is 8.79. The largest absolute Gasteiger partial charge is 0.444 e. The first kappa shape index (κ1) is 13.9. The molecule has 1 aromatic carbocycles. The summed E-state index contributed by atoms with van der Waals surface area (Å²) in [5, 5.41) is 0. The van der Waals surface area contributed by atoms with Gasteiger partial charge >= 0.3 is 6.09 Å². The molecule has 1 amide bonds. The molecular formula is C15H22N2O2. The molecular weight excluding hydrogens is 240 g/mol. The molecule has 0 heterocycles. The third kappa shape index (κ3) is 2.89. The van der Waals surface area contributed by atoms with Crippen LogP contribution in [0.25, 0.3) is 0 Å². The normalized spacial score (nSPS) is 21.9. The molecule has 0 aromatic heterocycles. The van der Waals surface area contributed by atoms with Gasteiger partial charge in [-0.3, -0.25) is 0 Å². The molecule has 0 saturated heterocycles. The van der Waals surface area contributed by atoms with Crippen LogP contribution in [0.5, 0.6) is 0 Å². The average molecular weight is 262 g/mol. The van der Waals surface area contributed by atoms with Gasteiger partial charge in [-0.05, 0) is 38.3 Å². The van der Waals surface area contributed by atoms with Crippen LogP contribution >= 0.6 is 0 Å². The van der Waals surface area contributed by atoms with Crippen molar-refractivity contribution in [3.8, 4) is 0 Å². The minimum atomic E-state index is -0.492. The Morgan fingerprint density at radius 3 is 2.63 bits per heavy atom. The second-order valence-electron chi connectivity index (χ2n) is 6.10. The second kappa shape index (κ2) is 4.85. The van der Waals surface area contributed by atoms with Gasteiger partial charge in [0.25, 0.3) is 0 Å². The maximum Gasteiger partial charge on any atom is 0.410 e. The molecule has 1 aliphatic carbocycles. The summed E-state index contributed by atoms with van der Waals surface area (Å²) in [5.74, 6) is 0. The Bertz CT molecular complexity index is 479. The van der Waals surface area contributed by atoms with E-state index < -0.39 is 5.60 Å². The maximum absolute atomic E-state index is 12.1. The molecule has 0 fully saturated rings. The van der Waals surface area contributed by atoms with E-state index in [2.05, 4.69) is 6.07 Å². The van der Waals surface area contributed by atoms with Crippen molar-refractivity contribution in [3.63, 3.8) is 0 Å². The Kier molecular flexibility index (Phi) is 3.54. The molecule has 1 aromatic rings. The summed E-state index contributed by atoms with van der Waals surface area (Å²) in [5.41, 5.74) is 8.04. The molecule has 0 spiro atoms. The first-order valence-corrected chi connectivity index (χ1v) is 6.59. The minimum absolute atomic E-state index is 0.0741. The number of hydrogen-bond donors (Lipinski definition) is 1. The Morgan fingerprint density at radius 2 is 2.00 bits per heavy atom. The molecule has 4 nitrogen and oxygen atoms in total. The predicted octanol–water partition coefficient (Wildman–Crippen LogP) is 2.48. The summed E-state index contributed by atoms with van der Waals surface area (Å²) in [6.45, 7) is 5.59. The van der Waals surface area contributed by atoms with E-state index in [1.54, 1.807) is 11.9 Å². The van der Waals surface area contributed by atoms with Crippen molar-refractivity contribution in [3.05, 3.63) is 35.4 Å². The number of fused-ring (bicyclic) bond motifs is 1. The topological polar surface area (TPSA) is 55.6 Å². The molecule has 0 saturated carbocycles. The number of nitrogens with zero attached hydrogens (tertiary/aromatic N) is 1. The van der Waals surface area contributed by atoms with Crippen LogP contribution < -0.4 is 5.73 Å². The summed E-state index contributed by atoms with van der Waals surface area (Å²) >= 11 is 0. The Hall–Kier alpha value is -1.55. The monoisotopic (exact) mass is 262 g/mol. The zero-order chi connectivity index (χ0) is 14.2. The van der Waals surface area contributed by atoms with E-state index in [0.29, 0.717) is 0 Å². The predicted molar refractivity (Wildman–Crippen MR) is 74.9 cm³/mol. The van der Waals surface area contributed by atoms with Crippen molar-refractivity contribution in [2.24, 2.45) is 5.73 Å². The number of benzene rings is 1. The molecule has 2 N–H and O–H groups in total. The van der Waals surface area contributed by atoms with E-state index in [4.69, 9.17) is 10.5 Å². The molecule has 0 aliphatic heterocycles. The summed E-state index contributed by atoms with van der Waals surface area (Å²) in [6.07, 6.45) is 0.471. The number of hydrogen-bond acceptors (Lipinski definition) is 3. The second-order valence-corrected chi connectivity index (χ2v) is 6.10. The van der Waals surface area contributed by atoms with Gasteiger partial charge in [-0.25, -0.2) is 4.79 Å². The number of ether oxygens (including phenoxy) is 1. The number of carbonyl (C=O) groups is 1. The van der Waals surface area contributed by atoms with Crippen molar-refractivity contribution in [1.82, 2.24) is 4.90 Å². The van der Waals surface area contributed by atoms with E-state index >= 15 is 0 Å². The molecule has 0 unspecified atom stereocenters. The van der Waals surface area contributed by atoms with Crippen LogP contribution in [-0.2, 0) is 11.2 Å². The van der Waals surface area contributed by atoms with Crippen molar-refractivity contribution in [2.45, 2.75) is 44.9 Å². The zero-order valence-electron chi connectivity index (χ0n) is 12.0. The van der Waals surface area contributed by atoms with E-state index in [9.17, 15) is 4.79 Å². The lowest BCUT2D eigenvalue weighted by Gasteiger charge is -2.31. The van der Waals surface area contributed by atoms with Crippen molar-refractivity contribution < 1.29 is 9.53 Å². The smallest absolute Gasteiger partial charge is 0.410 e. The molecule has 19 heavy (non-hydrogen) atoms. The highest BCUT2D eigenvalue weighted by Gasteiger charge is 2.36. The first-order valence-electron chi connectivity index (χ1n) is 6.59. The third-order valence-electron chi connectivity index (χ3n) is 3.33. The summed E-state index contributed by atoms with van der Waals surface area (Å²) in [6, 6.07) is 7.90. The molecule has 1 aliphatic rings. The maximum atomic E-state index is 12.1. The van der Waals surface area contributed by atoms with Crippen LogP contribution in [-0.4, -0.2) is 29.7 Å². The molecule has 0 radical (unpaired) electrons. The fraction of sp³-hybridized carbons (Fsp3) is 0.533. The van der Waals surface area contributed by atoms with E-state index in [-0.39, 0.29) is 18.2 Å². The van der Waals surface area contributed by atoms with Gasteiger partial charge in [-0.2, -0.15) is 0 Å². The molecule has 2 atom stereocenters. The van der Waals surface area contributed by atoms with E-state index in [1.165, 1.54) is 5.56 Å². The van der Waals surface area contributed by atoms with E-state index in [0.717, 1.165) is 12.0 Å². The van der Waals surface area contributed by atoms with Crippen LogP contribution in [0.15, 0.2) is 24.3 Å². The van der Waals surface area contributed by atoms with Gasteiger partial charge in [0.1, 0.15) is 5.60 Å². The van der Waals surface area contributed by atoms with Gasteiger partial charge in [0.2, 0.25) is 0 Å².